The minimum absolute atomic E-state index is 0.0271. The number of thiophene rings is 1. The highest BCUT2D eigenvalue weighted by molar-refractivity contribution is 7.13. The van der Waals surface area contributed by atoms with Gasteiger partial charge in [-0.2, -0.15) is 9.78 Å². The van der Waals surface area contributed by atoms with Gasteiger partial charge in [-0.1, -0.05) is 17.3 Å². The standard InChI is InChI=1S/C15H11N9O2S/c16-13-14(22-26-21-13)24-12(10-4-2-6-27-10)11(19-23-24)15(25)20-18-8-9-3-1-5-17-7-9/h1-8H,(H2,16,21)(H,20,25)/b18-8-. The van der Waals surface area contributed by atoms with Crippen molar-refractivity contribution in [1.82, 2.24) is 35.7 Å². The van der Waals surface area contributed by atoms with E-state index in [2.05, 4.69) is 40.8 Å². The maximum absolute atomic E-state index is 12.6. The molecule has 0 aliphatic carbocycles. The van der Waals surface area contributed by atoms with E-state index in [0.717, 1.165) is 10.4 Å². The monoisotopic (exact) mass is 381 g/mol. The summed E-state index contributed by atoms with van der Waals surface area (Å²) in [4.78, 5) is 17.3. The third-order valence-electron chi connectivity index (χ3n) is 3.40. The molecule has 0 unspecified atom stereocenters. The Morgan fingerprint density at radius 2 is 2.26 bits per heavy atom. The summed E-state index contributed by atoms with van der Waals surface area (Å²) in [5.41, 5.74) is 9.37. The van der Waals surface area contributed by atoms with Crippen LogP contribution in [0.5, 0.6) is 0 Å². The molecule has 4 heterocycles. The van der Waals surface area contributed by atoms with Crippen LogP contribution in [0.3, 0.4) is 0 Å². The number of nitrogens with zero attached hydrogens (tertiary/aromatic N) is 7. The van der Waals surface area contributed by atoms with Gasteiger partial charge in [-0.3, -0.25) is 9.78 Å². The summed E-state index contributed by atoms with van der Waals surface area (Å²) >= 11 is 1.40. The van der Waals surface area contributed by atoms with Crippen molar-refractivity contribution in [3.05, 3.63) is 53.3 Å². The Morgan fingerprint density at radius 3 is 2.96 bits per heavy atom. The third-order valence-corrected chi connectivity index (χ3v) is 4.28. The zero-order chi connectivity index (χ0) is 18.6. The molecule has 11 nitrogen and oxygen atoms in total. The number of amides is 1. The summed E-state index contributed by atoms with van der Waals surface area (Å²) in [5.74, 6) is -0.372. The van der Waals surface area contributed by atoms with Crippen LogP contribution in [0.15, 0.2) is 51.8 Å². The van der Waals surface area contributed by atoms with Crippen LogP contribution in [-0.4, -0.2) is 42.4 Å². The summed E-state index contributed by atoms with van der Waals surface area (Å²) in [6, 6.07) is 7.22. The van der Waals surface area contributed by atoms with Crippen molar-refractivity contribution in [2.45, 2.75) is 0 Å². The molecule has 4 rings (SSSR count). The molecule has 134 valence electrons. The summed E-state index contributed by atoms with van der Waals surface area (Å²) in [6.45, 7) is 0. The molecule has 0 fully saturated rings. The SMILES string of the molecule is Nc1nonc1-n1nnc(C(=O)N/N=C\c2cccnc2)c1-c1cccs1. The Hall–Kier alpha value is -3.93. The number of nitrogens with one attached hydrogen (secondary N) is 1. The van der Waals surface area contributed by atoms with Gasteiger partial charge >= 0.3 is 0 Å². The number of hydrogen-bond acceptors (Lipinski definition) is 10. The van der Waals surface area contributed by atoms with Gasteiger partial charge in [-0.05, 0) is 27.8 Å². The van der Waals surface area contributed by atoms with Crippen molar-refractivity contribution in [3.8, 4) is 16.4 Å². The second kappa shape index (κ2) is 7.13. The quantitative estimate of drug-likeness (QED) is 0.385. The van der Waals surface area contributed by atoms with Crippen molar-refractivity contribution < 1.29 is 9.42 Å². The number of carbonyl (C=O) groups excluding carboxylic acids is 1. The first-order valence-electron chi connectivity index (χ1n) is 7.55. The smallest absolute Gasteiger partial charge is 0.294 e. The average molecular weight is 381 g/mol. The Morgan fingerprint density at radius 1 is 1.33 bits per heavy atom. The van der Waals surface area contributed by atoms with Crippen molar-refractivity contribution in [2.24, 2.45) is 5.10 Å². The van der Waals surface area contributed by atoms with Gasteiger partial charge in [0.25, 0.3) is 5.91 Å². The number of hydrogen-bond donors (Lipinski definition) is 2. The van der Waals surface area contributed by atoms with E-state index in [4.69, 9.17) is 5.73 Å². The van der Waals surface area contributed by atoms with Gasteiger partial charge in [0.1, 0.15) is 5.69 Å². The van der Waals surface area contributed by atoms with Gasteiger partial charge in [-0.15, -0.1) is 16.4 Å². The first-order valence-corrected chi connectivity index (χ1v) is 8.43. The fraction of sp³-hybridized carbons (Fsp3) is 0. The Balaban J connectivity index is 1.66. The van der Waals surface area contributed by atoms with Crippen LogP contribution in [0.2, 0.25) is 0 Å². The molecule has 27 heavy (non-hydrogen) atoms. The summed E-state index contributed by atoms with van der Waals surface area (Å²) in [7, 11) is 0. The molecule has 0 aliphatic rings. The Labute approximate surface area is 155 Å². The van der Waals surface area contributed by atoms with E-state index in [1.54, 1.807) is 24.5 Å². The molecule has 1 amide bonds. The van der Waals surface area contributed by atoms with Crippen LogP contribution >= 0.6 is 11.3 Å². The van der Waals surface area contributed by atoms with E-state index >= 15 is 0 Å². The molecule has 4 aromatic heterocycles. The van der Waals surface area contributed by atoms with E-state index in [9.17, 15) is 4.79 Å². The zero-order valence-corrected chi connectivity index (χ0v) is 14.4. The third kappa shape index (κ3) is 3.28. The fourth-order valence-electron chi connectivity index (χ4n) is 2.23. The van der Waals surface area contributed by atoms with Gasteiger partial charge in [0.2, 0.25) is 11.6 Å². The first kappa shape index (κ1) is 16.5. The number of anilines is 1. The second-order valence-corrected chi connectivity index (χ2v) is 6.08. The highest BCUT2D eigenvalue weighted by Crippen LogP contribution is 2.29. The molecule has 12 heteroatoms. The number of pyridine rings is 1. The molecule has 0 radical (unpaired) electrons. The Kier molecular flexibility index (Phi) is 4.37. The van der Waals surface area contributed by atoms with Gasteiger partial charge in [0.15, 0.2) is 5.69 Å². The first-order chi connectivity index (χ1) is 13.2. The summed E-state index contributed by atoms with van der Waals surface area (Å²) in [6.07, 6.45) is 4.73. The van der Waals surface area contributed by atoms with Crippen molar-refractivity contribution in [3.63, 3.8) is 0 Å². The van der Waals surface area contributed by atoms with Gasteiger partial charge in [-0.25, -0.2) is 10.1 Å². The predicted octanol–water partition coefficient (Wildman–Crippen LogP) is 1.12. The van der Waals surface area contributed by atoms with Crippen LogP contribution in [0.1, 0.15) is 16.1 Å². The molecule has 0 atom stereocenters. The van der Waals surface area contributed by atoms with E-state index in [-0.39, 0.29) is 17.3 Å². The number of aromatic nitrogens is 6. The van der Waals surface area contributed by atoms with E-state index in [1.807, 2.05) is 17.5 Å². The topological polar surface area (TPSA) is 150 Å². The van der Waals surface area contributed by atoms with E-state index in [0.29, 0.717) is 5.69 Å². The van der Waals surface area contributed by atoms with Crippen molar-refractivity contribution >= 4 is 29.3 Å². The van der Waals surface area contributed by atoms with E-state index in [1.165, 1.54) is 22.2 Å². The second-order valence-electron chi connectivity index (χ2n) is 5.13. The van der Waals surface area contributed by atoms with Crippen molar-refractivity contribution in [1.29, 1.82) is 0 Å². The molecule has 4 aromatic rings. The lowest BCUT2D eigenvalue weighted by atomic mass is 10.2. The molecular weight excluding hydrogens is 370 g/mol. The molecule has 0 saturated heterocycles. The molecule has 0 bridgehead atoms. The van der Waals surface area contributed by atoms with Gasteiger partial charge < -0.3 is 5.73 Å². The number of carbonyl (C=O) groups is 1. The molecule has 0 aromatic carbocycles. The Bertz CT molecular complexity index is 1090. The number of rotatable bonds is 5. The molecule has 0 spiro atoms. The number of nitrogens with two attached hydrogens (primary N) is 1. The minimum Gasteiger partial charge on any atom is -0.378 e. The van der Waals surface area contributed by atoms with Crippen LogP contribution in [0.25, 0.3) is 16.4 Å². The van der Waals surface area contributed by atoms with Gasteiger partial charge in [0, 0.05) is 18.0 Å². The van der Waals surface area contributed by atoms with Crippen LogP contribution < -0.4 is 11.2 Å². The van der Waals surface area contributed by atoms with Crippen LogP contribution in [0, 0.1) is 0 Å². The zero-order valence-electron chi connectivity index (χ0n) is 13.6. The summed E-state index contributed by atoms with van der Waals surface area (Å²) < 4.78 is 5.92. The fourth-order valence-corrected chi connectivity index (χ4v) is 2.98. The number of hydrazone groups is 1. The lowest BCUT2D eigenvalue weighted by Crippen LogP contribution is -2.19. The normalized spacial score (nSPS) is 11.1. The minimum atomic E-state index is -0.542. The molecule has 0 saturated carbocycles. The number of nitrogen functional groups attached to an aromatic ring is 1. The predicted molar refractivity (Wildman–Crippen MR) is 96.2 cm³/mol. The largest absolute Gasteiger partial charge is 0.378 e. The van der Waals surface area contributed by atoms with Gasteiger partial charge in [0.05, 0.1) is 11.1 Å². The molecule has 0 aliphatic heterocycles. The maximum atomic E-state index is 12.6. The highest BCUT2D eigenvalue weighted by atomic mass is 32.1. The lowest BCUT2D eigenvalue weighted by Gasteiger charge is -2.03. The lowest BCUT2D eigenvalue weighted by molar-refractivity contribution is 0.0951. The van der Waals surface area contributed by atoms with E-state index < -0.39 is 5.91 Å². The molecule has 3 N–H and O–H groups in total. The van der Waals surface area contributed by atoms with Crippen molar-refractivity contribution in [2.75, 3.05) is 5.73 Å². The molecular formula is C15H11N9O2S. The maximum Gasteiger partial charge on any atom is 0.294 e. The highest BCUT2D eigenvalue weighted by Gasteiger charge is 2.25. The average Bonchev–Trinajstić information content (AvgIpc) is 3.42. The summed E-state index contributed by atoms with van der Waals surface area (Å²) in [5, 5.41) is 20.9. The van der Waals surface area contributed by atoms with Crippen LogP contribution in [0.4, 0.5) is 5.82 Å². The van der Waals surface area contributed by atoms with Crippen LogP contribution in [-0.2, 0) is 0 Å².